The largest absolute Gasteiger partial charge is 0.397 e. The zero-order chi connectivity index (χ0) is 14.1. The van der Waals surface area contributed by atoms with Crippen molar-refractivity contribution in [2.45, 2.75) is 0 Å². The number of nitrogens with zero attached hydrogens (tertiary/aromatic N) is 1. The fraction of sp³-hybridized carbons (Fsp3) is 0. The second-order valence-corrected chi connectivity index (χ2v) is 4.61. The summed E-state index contributed by atoms with van der Waals surface area (Å²) < 4.78 is 0. The molecule has 0 aliphatic carbocycles. The SMILES string of the molecule is N=C(c1ccc2ccccc2c1)c1nc(N)ccc1N. The first-order valence-electron chi connectivity index (χ1n) is 6.25. The molecule has 4 nitrogen and oxygen atoms in total. The molecule has 1 aromatic heterocycles. The van der Waals surface area contributed by atoms with E-state index in [1.807, 2.05) is 42.5 Å². The van der Waals surface area contributed by atoms with Gasteiger partial charge < -0.3 is 11.5 Å². The predicted molar refractivity (Wildman–Crippen MR) is 82.9 cm³/mol. The van der Waals surface area contributed by atoms with Crippen molar-refractivity contribution >= 4 is 28.0 Å². The molecule has 0 atom stereocenters. The fourth-order valence-corrected chi connectivity index (χ4v) is 2.17. The Morgan fingerprint density at radius 1 is 0.900 bits per heavy atom. The van der Waals surface area contributed by atoms with Gasteiger partial charge in [-0.25, -0.2) is 4.98 Å². The zero-order valence-electron chi connectivity index (χ0n) is 10.8. The lowest BCUT2D eigenvalue weighted by Gasteiger charge is -2.08. The van der Waals surface area contributed by atoms with Gasteiger partial charge in [0.15, 0.2) is 0 Å². The number of pyridine rings is 1. The highest BCUT2D eigenvalue weighted by Gasteiger charge is 2.11. The van der Waals surface area contributed by atoms with Crippen LogP contribution < -0.4 is 11.5 Å². The summed E-state index contributed by atoms with van der Waals surface area (Å²) in [6, 6.07) is 17.2. The van der Waals surface area contributed by atoms with Gasteiger partial charge in [-0.15, -0.1) is 0 Å². The lowest BCUT2D eigenvalue weighted by atomic mass is 10.0. The van der Waals surface area contributed by atoms with Crippen molar-refractivity contribution in [1.29, 1.82) is 5.41 Å². The Morgan fingerprint density at radius 2 is 1.65 bits per heavy atom. The van der Waals surface area contributed by atoms with Gasteiger partial charge in [-0.2, -0.15) is 0 Å². The van der Waals surface area contributed by atoms with E-state index in [2.05, 4.69) is 4.98 Å². The van der Waals surface area contributed by atoms with Crippen molar-refractivity contribution in [2.75, 3.05) is 11.5 Å². The van der Waals surface area contributed by atoms with Crippen LogP contribution >= 0.6 is 0 Å². The lowest BCUT2D eigenvalue weighted by Crippen LogP contribution is -2.09. The molecule has 2 aromatic carbocycles. The Balaban J connectivity index is 2.10. The first-order valence-corrected chi connectivity index (χ1v) is 6.25. The van der Waals surface area contributed by atoms with E-state index in [0.717, 1.165) is 16.3 Å². The molecule has 0 bridgehead atoms. The van der Waals surface area contributed by atoms with Crippen LogP contribution in [0.5, 0.6) is 0 Å². The molecule has 0 saturated heterocycles. The van der Waals surface area contributed by atoms with Crippen LogP contribution in [0.2, 0.25) is 0 Å². The van der Waals surface area contributed by atoms with Crippen molar-refractivity contribution < 1.29 is 0 Å². The van der Waals surface area contributed by atoms with Gasteiger partial charge in [-0.3, -0.25) is 5.41 Å². The molecule has 0 radical (unpaired) electrons. The summed E-state index contributed by atoms with van der Waals surface area (Å²) in [6.07, 6.45) is 0. The van der Waals surface area contributed by atoms with E-state index < -0.39 is 0 Å². The number of nitrogen functional groups attached to an aromatic ring is 2. The summed E-state index contributed by atoms with van der Waals surface area (Å²) in [5.41, 5.74) is 13.5. The molecule has 1 heterocycles. The minimum Gasteiger partial charge on any atom is -0.397 e. The van der Waals surface area contributed by atoms with E-state index in [1.54, 1.807) is 12.1 Å². The van der Waals surface area contributed by atoms with Crippen LogP contribution in [-0.2, 0) is 0 Å². The van der Waals surface area contributed by atoms with Crippen molar-refractivity contribution in [1.82, 2.24) is 4.98 Å². The van der Waals surface area contributed by atoms with Gasteiger partial charge in [0, 0.05) is 5.56 Å². The summed E-state index contributed by atoms with van der Waals surface area (Å²) >= 11 is 0. The van der Waals surface area contributed by atoms with E-state index >= 15 is 0 Å². The summed E-state index contributed by atoms with van der Waals surface area (Å²) in [5, 5.41) is 10.5. The van der Waals surface area contributed by atoms with E-state index in [-0.39, 0.29) is 5.71 Å². The molecular formula is C16H14N4. The third kappa shape index (κ3) is 2.07. The Kier molecular flexibility index (Phi) is 2.84. The molecule has 5 N–H and O–H groups in total. The lowest BCUT2D eigenvalue weighted by molar-refractivity contribution is 1.28. The summed E-state index contributed by atoms with van der Waals surface area (Å²) in [6.45, 7) is 0. The van der Waals surface area contributed by atoms with Crippen LogP contribution in [0, 0.1) is 5.41 Å². The number of nitrogens with one attached hydrogen (secondary N) is 1. The Labute approximate surface area is 116 Å². The number of nitrogens with two attached hydrogens (primary N) is 2. The standard InChI is InChI=1S/C16H14N4/c17-13-7-8-14(18)20-16(13)15(19)12-6-5-10-3-1-2-4-11(10)9-12/h1-9,19H,17H2,(H2,18,20). The molecular weight excluding hydrogens is 248 g/mol. The van der Waals surface area contributed by atoms with Crippen LogP contribution in [0.1, 0.15) is 11.3 Å². The number of hydrogen-bond acceptors (Lipinski definition) is 4. The zero-order valence-corrected chi connectivity index (χ0v) is 10.8. The molecule has 0 unspecified atom stereocenters. The Bertz CT molecular complexity index is 808. The molecule has 3 aromatic rings. The van der Waals surface area contributed by atoms with Crippen molar-refractivity contribution in [3.8, 4) is 0 Å². The smallest absolute Gasteiger partial charge is 0.124 e. The van der Waals surface area contributed by atoms with Gasteiger partial charge >= 0.3 is 0 Å². The molecule has 98 valence electrons. The number of hydrogen-bond donors (Lipinski definition) is 3. The van der Waals surface area contributed by atoms with Gasteiger partial charge in [-0.05, 0) is 29.0 Å². The first-order chi connectivity index (χ1) is 9.65. The van der Waals surface area contributed by atoms with Gasteiger partial charge in [-0.1, -0.05) is 36.4 Å². The highest BCUT2D eigenvalue weighted by atomic mass is 14.9. The Morgan fingerprint density at radius 3 is 2.45 bits per heavy atom. The molecule has 0 spiro atoms. The second kappa shape index (κ2) is 4.66. The van der Waals surface area contributed by atoms with Crippen LogP contribution in [0.3, 0.4) is 0 Å². The second-order valence-electron chi connectivity index (χ2n) is 4.61. The van der Waals surface area contributed by atoms with E-state index in [4.69, 9.17) is 16.9 Å². The fourth-order valence-electron chi connectivity index (χ4n) is 2.17. The molecule has 0 fully saturated rings. The monoisotopic (exact) mass is 262 g/mol. The van der Waals surface area contributed by atoms with Gasteiger partial charge in [0.2, 0.25) is 0 Å². The van der Waals surface area contributed by atoms with Crippen LogP contribution in [0.15, 0.2) is 54.6 Å². The molecule has 3 rings (SSSR count). The number of fused-ring (bicyclic) bond motifs is 1. The maximum absolute atomic E-state index is 8.29. The van der Waals surface area contributed by atoms with Crippen molar-refractivity contribution in [2.24, 2.45) is 0 Å². The van der Waals surface area contributed by atoms with E-state index in [1.165, 1.54) is 0 Å². The van der Waals surface area contributed by atoms with Crippen LogP contribution in [0.25, 0.3) is 10.8 Å². The molecule has 20 heavy (non-hydrogen) atoms. The third-order valence-electron chi connectivity index (χ3n) is 3.22. The summed E-state index contributed by atoms with van der Waals surface area (Å²) in [7, 11) is 0. The third-order valence-corrected chi connectivity index (χ3v) is 3.22. The highest BCUT2D eigenvalue weighted by molar-refractivity contribution is 6.13. The maximum atomic E-state index is 8.29. The van der Waals surface area contributed by atoms with Crippen LogP contribution in [-0.4, -0.2) is 10.7 Å². The number of aromatic nitrogens is 1. The maximum Gasteiger partial charge on any atom is 0.124 e. The number of benzene rings is 2. The minimum atomic E-state index is 0.278. The van der Waals surface area contributed by atoms with Gasteiger partial charge in [0.1, 0.15) is 11.5 Å². The molecule has 0 amide bonds. The topological polar surface area (TPSA) is 88.8 Å². The highest BCUT2D eigenvalue weighted by Crippen LogP contribution is 2.20. The summed E-state index contributed by atoms with van der Waals surface area (Å²) in [5.74, 6) is 0.361. The van der Waals surface area contributed by atoms with Crippen LogP contribution in [0.4, 0.5) is 11.5 Å². The van der Waals surface area contributed by atoms with Gasteiger partial charge in [0.25, 0.3) is 0 Å². The normalized spacial score (nSPS) is 10.6. The van der Waals surface area contributed by atoms with Gasteiger partial charge in [0.05, 0.1) is 11.4 Å². The molecule has 0 aliphatic heterocycles. The molecule has 4 heteroatoms. The minimum absolute atomic E-state index is 0.278. The van der Waals surface area contributed by atoms with Crippen molar-refractivity contribution in [3.05, 3.63) is 65.9 Å². The molecule has 0 aliphatic rings. The average Bonchev–Trinajstić information content (AvgIpc) is 2.48. The summed E-state index contributed by atoms with van der Waals surface area (Å²) in [4.78, 5) is 4.16. The first kappa shape index (κ1) is 12.2. The van der Waals surface area contributed by atoms with Crippen molar-refractivity contribution in [3.63, 3.8) is 0 Å². The quantitative estimate of drug-likeness (QED) is 0.620. The number of anilines is 2. The number of rotatable bonds is 2. The predicted octanol–water partition coefficient (Wildman–Crippen LogP) is 2.82. The molecule has 0 saturated carbocycles. The van der Waals surface area contributed by atoms with E-state index in [0.29, 0.717) is 17.2 Å². The average molecular weight is 262 g/mol. The Hall–Kier alpha value is -2.88. The van der Waals surface area contributed by atoms with E-state index in [9.17, 15) is 0 Å².